The summed E-state index contributed by atoms with van der Waals surface area (Å²) in [7, 11) is 0. The molecule has 0 aromatic heterocycles. The van der Waals surface area contributed by atoms with Crippen LogP contribution in [-0.4, -0.2) is 14.5 Å². The maximum atomic E-state index is 11.8. The molecule has 0 aliphatic heterocycles. The lowest BCUT2D eigenvalue weighted by Crippen LogP contribution is -2.26. The van der Waals surface area contributed by atoms with Crippen molar-refractivity contribution in [1.82, 2.24) is 0 Å². The number of hydrogen-bond donors (Lipinski definition) is 0. The van der Waals surface area contributed by atoms with Crippen molar-refractivity contribution in [3.05, 3.63) is 12.8 Å². The molecule has 0 saturated carbocycles. The van der Waals surface area contributed by atoms with Crippen molar-refractivity contribution in [3.8, 4) is 0 Å². The van der Waals surface area contributed by atoms with Gasteiger partial charge in [-0.2, -0.15) is 8.78 Å². The van der Waals surface area contributed by atoms with Gasteiger partial charge in [-0.1, -0.05) is 18.2 Å². The van der Waals surface area contributed by atoms with Gasteiger partial charge in [0.1, 0.15) is 0 Å². The highest BCUT2D eigenvalue weighted by Gasteiger charge is 2.50. The Morgan fingerprint density at radius 3 is 1.79 bits per heavy atom. The topological polar surface area (TPSA) is 26.3 Å². The molecule has 8 heteroatoms. The van der Waals surface area contributed by atoms with Crippen LogP contribution >= 0.6 is 45.8 Å². The first kappa shape index (κ1) is 16.7. The third-order valence-corrected chi connectivity index (χ3v) is 2.16. The van der Waals surface area contributed by atoms with Crippen molar-refractivity contribution in [2.45, 2.75) is 15.4 Å². The molecule has 1 unspecified atom stereocenters. The van der Waals surface area contributed by atoms with Gasteiger partial charge in [-0.15, -0.1) is 0 Å². The maximum Gasteiger partial charge on any atom is 0.378 e. The van der Waals surface area contributed by atoms with E-state index in [9.17, 15) is 18.0 Å². The fourth-order valence-electron chi connectivity index (χ4n) is 0.117. The molecule has 0 N–H and O–H groups in total. The molecule has 0 rings (SSSR count). The average Bonchev–Trinajstić information content (AvgIpc) is 1.82. The Balaban J connectivity index is 0. The molecule has 1 atom stereocenters. The van der Waals surface area contributed by atoms with Crippen molar-refractivity contribution in [1.29, 1.82) is 0 Å². The van der Waals surface area contributed by atoms with Gasteiger partial charge >= 0.3 is 14.5 Å². The molecule has 0 aliphatic carbocycles. The van der Waals surface area contributed by atoms with Gasteiger partial charge in [-0.25, -0.2) is 4.39 Å². The average molecular weight is 365 g/mol. The van der Waals surface area contributed by atoms with E-state index in [4.69, 9.17) is 0 Å². The molecule has 0 aromatic rings. The minimum atomic E-state index is -4.00. The lowest BCUT2D eigenvalue weighted by atomic mass is 10.8. The summed E-state index contributed by atoms with van der Waals surface area (Å²) in [6.45, 7) is 4.48. The third kappa shape index (κ3) is 10.4. The highest BCUT2D eigenvalue weighted by Crippen LogP contribution is 2.44. The first-order chi connectivity index (χ1) is 6.02. The first-order valence-electron chi connectivity index (χ1n) is 2.94. The van der Waals surface area contributed by atoms with Crippen LogP contribution in [0.15, 0.2) is 12.8 Å². The Kier molecular flexibility index (Phi) is 8.04. The van der Waals surface area contributed by atoms with Gasteiger partial charge in [0.2, 0.25) is 0 Å². The van der Waals surface area contributed by atoms with E-state index in [1.807, 2.05) is 0 Å². The summed E-state index contributed by atoms with van der Waals surface area (Å²) in [4.78, 5) is 9.75. The summed E-state index contributed by atoms with van der Waals surface area (Å²) in [6.07, 6.45) is 1.10. The molecule has 0 spiro atoms. The summed E-state index contributed by atoms with van der Waals surface area (Å²) in [5.74, 6) is -0.329. The molecule has 84 valence electrons. The van der Waals surface area contributed by atoms with Crippen molar-refractivity contribution in [3.63, 3.8) is 0 Å². The molecule has 0 bridgehead atoms. The van der Waals surface area contributed by atoms with Crippen LogP contribution in [0.1, 0.15) is 6.92 Å². The summed E-state index contributed by atoms with van der Waals surface area (Å²) >= 11 is 9.31. The molecule has 0 fully saturated rings. The number of hydrogen-bond acceptors (Lipinski definition) is 2. The number of ether oxygens (including phenoxy) is 1. The van der Waals surface area contributed by atoms with E-state index in [2.05, 4.69) is 34.5 Å². The molecule has 0 aliphatic rings. The number of halogens is 6. The Morgan fingerprint density at radius 1 is 1.50 bits per heavy atom. The Bertz CT molecular complexity index is 188. The summed E-state index contributed by atoms with van der Waals surface area (Å²) in [5.41, 5.74) is 0. The van der Waals surface area contributed by atoms with Crippen LogP contribution in [0.4, 0.5) is 13.2 Å². The molecule has 0 amide bonds. The van der Waals surface area contributed by atoms with Gasteiger partial charge in [-0.05, 0) is 34.2 Å². The second-order valence-corrected chi connectivity index (χ2v) is 4.89. The van der Waals surface area contributed by atoms with Crippen LogP contribution in [0.5, 0.6) is 0 Å². The van der Waals surface area contributed by atoms with E-state index < -0.39 is 8.52 Å². The zero-order chi connectivity index (χ0) is 12.0. The predicted octanol–water partition coefficient (Wildman–Crippen LogP) is 3.81. The quantitative estimate of drug-likeness (QED) is 0.322. The molecular weight excluding hydrogens is 359 g/mol. The Morgan fingerprint density at radius 2 is 1.79 bits per heavy atom. The van der Waals surface area contributed by atoms with Gasteiger partial charge in [0.25, 0.3) is 0 Å². The Hall–Kier alpha value is 0.310. The number of carbonyl (C=O) groups is 1. The number of rotatable bonds is 2. The first-order valence-corrected chi connectivity index (χ1v) is 4.77. The monoisotopic (exact) mass is 364 g/mol. The molecule has 0 heterocycles. The van der Waals surface area contributed by atoms with E-state index >= 15 is 0 Å². The fraction of sp³-hybridized carbons (Fsp3) is 0.500. The molecule has 2 nitrogen and oxygen atoms in total. The van der Waals surface area contributed by atoms with Crippen molar-refractivity contribution >= 4 is 51.8 Å². The highest BCUT2D eigenvalue weighted by atomic mass is 127. The number of esters is 1. The normalized spacial score (nSPS) is 14.5. The second kappa shape index (κ2) is 6.73. The van der Waals surface area contributed by atoms with Gasteiger partial charge in [0.05, 0.1) is 6.26 Å². The molecular formula is C6H6Cl2F3IO2. The van der Waals surface area contributed by atoms with Gasteiger partial charge < -0.3 is 4.74 Å². The van der Waals surface area contributed by atoms with Crippen LogP contribution in [0.3, 0.4) is 0 Å². The lowest BCUT2D eigenvalue weighted by molar-refractivity contribution is -0.135. The summed E-state index contributed by atoms with van der Waals surface area (Å²) in [6, 6.07) is 0. The van der Waals surface area contributed by atoms with Crippen molar-refractivity contribution in [2.24, 2.45) is 0 Å². The maximum absolute atomic E-state index is 11.8. The van der Waals surface area contributed by atoms with E-state index in [1.54, 1.807) is 0 Å². The zero-order valence-electron chi connectivity index (χ0n) is 6.87. The van der Waals surface area contributed by atoms with Crippen LogP contribution in [0, 0.1) is 0 Å². The van der Waals surface area contributed by atoms with E-state index in [-0.39, 0.29) is 5.97 Å². The Labute approximate surface area is 103 Å². The second-order valence-electron chi connectivity index (χ2n) is 1.77. The molecule has 0 radical (unpaired) electrons. The highest BCUT2D eigenvalue weighted by molar-refractivity contribution is 14.1. The zero-order valence-corrected chi connectivity index (χ0v) is 10.5. The predicted molar refractivity (Wildman–Crippen MR) is 56.5 cm³/mol. The lowest BCUT2D eigenvalue weighted by Gasteiger charge is -2.14. The van der Waals surface area contributed by atoms with Gasteiger partial charge in [0, 0.05) is 6.92 Å². The van der Waals surface area contributed by atoms with Crippen molar-refractivity contribution < 1.29 is 22.7 Å². The molecule has 14 heavy (non-hydrogen) atoms. The third-order valence-electron chi connectivity index (χ3n) is 0.571. The largest absolute Gasteiger partial charge is 0.435 e. The number of carbonyl (C=O) groups excluding carboxylic acids is 1. The summed E-state index contributed by atoms with van der Waals surface area (Å²) < 4.78 is 35.7. The summed E-state index contributed by atoms with van der Waals surface area (Å²) in [5, 5.41) is -4.00. The minimum absolute atomic E-state index is 0.329. The van der Waals surface area contributed by atoms with Crippen LogP contribution in [-0.2, 0) is 9.53 Å². The van der Waals surface area contributed by atoms with E-state index in [1.165, 1.54) is 6.92 Å². The number of alkyl halides is 6. The van der Waals surface area contributed by atoms with Gasteiger partial charge in [-0.3, -0.25) is 4.79 Å². The van der Waals surface area contributed by atoms with Crippen LogP contribution < -0.4 is 0 Å². The smallest absolute Gasteiger partial charge is 0.378 e. The van der Waals surface area contributed by atoms with E-state index in [0.717, 1.165) is 6.26 Å². The van der Waals surface area contributed by atoms with Crippen molar-refractivity contribution in [2.75, 3.05) is 0 Å². The standard InChI is InChI=1S/C4H6O2.C2Cl2F3I/c1-3-6-4(2)5;3-1(5,6)2(4,7)8/h3H,1H2,2H3;. The molecule has 0 aromatic carbocycles. The van der Waals surface area contributed by atoms with Crippen LogP contribution in [0.25, 0.3) is 0 Å². The van der Waals surface area contributed by atoms with Crippen LogP contribution in [0.2, 0.25) is 0 Å². The minimum Gasteiger partial charge on any atom is -0.435 e. The van der Waals surface area contributed by atoms with E-state index in [0.29, 0.717) is 22.6 Å². The van der Waals surface area contributed by atoms with Gasteiger partial charge in [0.15, 0.2) is 0 Å². The fourth-order valence-corrected chi connectivity index (χ4v) is 0.117. The molecule has 0 saturated heterocycles. The SMILES string of the molecule is C=COC(C)=O.FC(F)(Cl)C(F)(Cl)I.